The minimum Gasteiger partial charge on any atom is -0.468 e. The number of rotatable bonds is 9. The average Bonchev–Trinajstić information content (AvgIpc) is 3.21. The van der Waals surface area contributed by atoms with Gasteiger partial charge in [-0.3, -0.25) is 20.0 Å². The summed E-state index contributed by atoms with van der Waals surface area (Å²) in [4.78, 5) is 35.4. The summed E-state index contributed by atoms with van der Waals surface area (Å²) in [6, 6.07) is 4.91. The molecule has 0 unspecified atom stereocenters. The molecule has 2 aromatic carbocycles. The lowest BCUT2D eigenvalue weighted by atomic mass is 10.1. The van der Waals surface area contributed by atoms with Crippen LogP contribution in [0.25, 0.3) is 0 Å². The van der Waals surface area contributed by atoms with Crippen LogP contribution in [0, 0.1) is 21.7 Å². The average molecular weight is 572 g/mol. The number of methoxy groups -OCH3 is 1. The Kier molecular flexibility index (Phi) is 10.8. The molecule has 0 amide bonds. The monoisotopic (exact) mass is 571 g/mol. The zero-order valence-corrected chi connectivity index (χ0v) is 21.8. The van der Waals surface area contributed by atoms with Gasteiger partial charge in [0.15, 0.2) is 23.1 Å². The predicted molar refractivity (Wildman–Crippen MR) is 137 cm³/mol. The maximum absolute atomic E-state index is 13.8. The minimum absolute atomic E-state index is 0.0278. The van der Waals surface area contributed by atoms with Crippen molar-refractivity contribution >= 4 is 33.4 Å². The van der Waals surface area contributed by atoms with Crippen molar-refractivity contribution in [3.8, 4) is 11.5 Å². The molecule has 13 nitrogen and oxygen atoms in total. The van der Waals surface area contributed by atoms with E-state index < -0.39 is 44.6 Å². The van der Waals surface area contributed by atoms with Gasteiger partial charge in [-0.1, -0.05) is 0 Å². The number of hydrogen-bond acceptors (Lipinski definition) is 10. The van der Waals surface area contributed by atoms with E-state index in [9.17, 15) is 36.9 Å². The fourth-order valence-electron chi connectivity index (χ4n) is 3.35. The molecule has 2 aromatic rings. The highest BCUT2D eigenvalue weighted by molar-refractivity contribution is 7.92. The van der Waals surface area contributed by atoms with Gasteiger partial charge in [0.25, 0.3) is 0 Å². The highest BCUT2D eigenvalue weighted by atomic mass is 32.2. The number of nitrogens with zero attached hydrogens (tertiary/aromatic N) is 2. The Morgan fingerprint density at radius 2 is 1.92 bits per heavy atom. The molecule has 1 atom stereocenters. The van der Waals surface area contributed by atoms with Gasteiger partial charge in [-0.2, -0.15) is 0 Å². The Labute approximate surface area is 222 Å². The van der Waals surface area contributed by atoms with Gasteiger partial charge in [-0.05, 0) is 54.0 Å². The molecule has 3 rings (SSSR count). The van der Waals surface area contributed by atoms with E-state index in [4.69, 9.17) is 16.2 Å². The standard InChI is InChI=1S/C16H13F2NO4S.C7H14N4O4/c1-24(21,22)19-13-6-9-2-4-14(20)11(9)8-16(13)23-15-5-3-10(17)7-12(15)18;1-15-6(12)5(8)3-2-4-10-7(9)11(13)14/h3,5-8,19H,2,4H2,1H3;5H,2-4,8H2,1H3,(H2,9,10)/t;5-/m.0/s1. The van der Waals surface area contributed by atoms with Crippen molar-refractivity contribution in [3.63, 3.8) is 0 Å². The van der Waals surface area contributed by atoms with Gasteiger partial charge >= 0.3 is 11.9 Å². The van der Waals surface area contributed by atoms with E-state index in [1.807, 2.05) is 0 Å². The van der Waals surface area contributed by atoms with Crippen molar-refractivity contribution in [2.24, 2.45) is 16.5 Å². The predicted octanol–water partition coefficient (Wildman–Crippen LogP) is 2.12. The first-order valence-electron chi connectivity index (χ1n) is 11.3. The number of carbonyl (C=O) groups is 2. The number of nitrogens with two attached hydrogens (primary N) is 2. The molecule has 39 heavy (non-hydrogen) atoms. The van der Waals surface area contributed by atoms with Crippen LogP contribution in [0.5, 0.6) is 11.5 Å². The van der Waals surface area contributed by atoms with Gasteiger partial charge in [0.05, 0.1) is 19.1 Å². The summed E-state index contributed by atoms with van der Waals surface area (Å²) >= 11 is 0. The molecule has 0 fully saturated rings. The van der Waals surface area contributed by atoms with E-state index in [0.717, 1.165) is 18.4 Å². The van der Waals surface area contributed by atoms with Gasteiger partial charge in [0.2, 0.25) is 10.0 Å². The fraction of sp³-hybridized carbons (Fsp3) is 0.348. The number of halogens is 2. The van der Waals surface area contributed by atoms with E-state index in [-0.39, 0.29) is 29.5 Å². The molecule has 0 saturated heterocycles. The lowest BCUT2D eigenvalue weighted by Gasteiger charge is -2.14. The van der Waals surface area contributed by atoms with E-state index in [0.29, 0.717) is 42.9 Å². The number of hydrogen-bond donors (Lipinski definition) is 3. The van der Waals surface area contributed by atoms with Crippen LogP contribution in [-0.4, -0.2) is 57.0 Å². The van der Waals surface area contributed by atoms with Gasteiger partial charge in [-0.15, -0.1) is 4.99 Å². The number of ether oxygens (including phenoxy) is 2. The SMILES string of the molecule is COC(=O)[C@@H](N)CCCN=C(N)[N+](=O)[O-].CS(=O)(=O)Nc1cc2c(cc1Oc1ccc(F)cc1F)C(=O)CC2. The van der Waals surface area contributed by atoms with Crippen molar-refractivity contribution < 1.29 is 41.2 Å². The number of fused-ring (bicyclic) bond motifs is 1. The second-order valence-corrected chi connectivity index (χ2v) is 10.00. The van der Waals surface area contributed by atoms with E-state index in [1.165, 1.54) is 19.2 Å². The molecule has 5 N–H and O–H groups in total. The molecule has 0 spiro atoms. The third kappa shape index (κ3) is 9.57. The van der Waals surface area contributed by atoms with Gasteiger partial charge in [0.1, 0.15) is 18.4 Å². The molecule has 0 radical (unpaired) electrons. The number of aryl methyl sites for hydroxylation is 1. The van der Waals surface area contributed by atoms with Crippen LogP contribution in [0.3, 0.4) is 0 Å². The van der Waals surface area contributed by atoms with Crippen LogP contribution in [0.4, 0.5) is 14.5 Å². The number of guanidine groups is 1. The van der Waals surface area contributed by atoms with E-state index in [2.05, 4.69) is 14.5 Å². The zero-order valence-electron chi connectivity index (χ0n) is 21.0. The molecule has 212 valence electrons. The number of Topliss-reactive ketones (excluding diaryl/α,β-unsaturated/α-hetero) is 1. The summed E-state index contributed by atoms with van der Waals surface area (Å²) < 4.78 is 61.9. The topological polar surface area (TPSA) is 206 Å². The largest absolute Gasteiger partial charge is 0.468 e. The Balaban J connectivity index is 0.000000309. The lowest BCUT2D eigenvalue weighted by molar-refractivity contribution is -0.352. The second kappa shape index (κ2) is 13.6. The molecule has 0 heterocycles. The van der Waals surface area contributed by atoms with Crippen molar-refractivity contribution in [1.29, 1.82) is 0 Å². The maximum atomic E-state index is 13.8. The molecular formula is C23H27F2N5O8S. The molecule has 0 aromatic heterocycles. The molecule has 16 heteroatoms. The summed E-state index contributed by atoms with van der Waals surface area (Å²) in [5.41, 5.74) is 11.6. The first-order chi connectivity index (χ1) is 18.2. The molecule has 0 aliphatic heterocycles. The van der Waals surface area contributed by atoms with Crippen molar-refractivity contribution in [3.05, 3.63) is 63.2 Å². The summed E-state index contributed by atoms with van der Waals surface area (Å²) in [5.74, 6) is -3.26. The highest BCUT2D eigenvalue weighted by Crippen LogP contribution is 2.37. The van der Waals surface area contributed by atoms with Crippen LogP contribution in [0.1, 0.15) is 35.2 Å². The molecule has 0 saturated carbocycles. The Hall–Kier alpha value is -4.18. The van der Waals surface area contributed by atoms with Gasteiger partial charge in [-0.25, -0.2) is 17.2 Å². The smallest absolute Gasteiger partial charge is 0.420 e. The number of esters is 1. The Morgan fingerprint density at radius 3 is 2.51 bits per heavy atom. The maximum Gasteiger partial charge on any atom is 0.420 e. The number of benzene rings is 2. The van der Waals surface area contributed by atoms with Crippen LogP contribution in [0.15, 0.2) is 35.3 Å². The number of aliphatic imine (C=N–C) groups is 1. The number of anilines is 1. The zero-order chi connectivity index (χ0) is 29.3. The lowest BCUT2D eigenvalue weighted by Crippen LogP contribution is -2.31. The molecular weight excluding hydrogens is 544 g/mol. The second-order valence-electron chi connectivity index (χ2n) is 8.25. The number of carbonyl (C=O) groups excluding carboxylic acids is 2. The third-order valence-corrected chi connectivity index (χ3v) is 5.77. The highest BCUT2D eigenvalue weighted by Gasteiger charge is 2.24. The number of nitrogens with one attached hydrogen (secondary N) is 1. The normalized spacial score (nSPS) is 13.6. The van der Waals surface area contributed by atoms with Crippen LogP contribution >= 0.6 is 0 Å². The number of nitro groups is 1. The molecule has 1 aliphatic carbocycles. The van der Waals surface area contributed by atoms with E-state index in [1.54, 1.807) is 0 Å². The van der Waals surface area contributed by atoms with Crippen LogP contribution in [-0.2, 0) is 26.0 Å². The third-order valence-electron chi connectivity index (χ3n) is 5.17. The van der Waals surface area contributed by atoms with Crippen LogP contribution in [0.2, 0.25) is 0 Å². The van der Waals surface area contributed by atoms with Gasteiger partial charge in [0, 0.05) is 18.1 Å². The first-order valence-corrected chi connectivity index (χ1v) is 13.2. The van der Waals surface area contributed by atoms with Crippen molar-refractivity contribution in [2.75, 3.05) is 24.6 Å². The quantitative estimate of drug-likeness (QED) is 0.0997. The van der Waals surface area contributed by atoms with E-state index >= 15 is 0 Å². The Bertz CT molecular complexity index is 1380. The minimum atomic E-state index is -3.61. The summed E-state index contributed by atoms with van der Waals surface area (Å²) in [6.45, 7) is 0.164. The number of sulfonamides is 1. The first kappa shape index (κ1) is 31.0. The number of ketones is 1. The van der Waals surface area contributed by atoms with Crippen molar-refractivity contribution in [1.82, 2.24) is 0 Å². The van der Waals surface area contributed by atoms with Gasteiger partial charge < -0.3 is 25.3 Å². The molecule has 0 bridgehead atoms. The Morgan fingerprint density at radius 1 is 1.23 bits per heavy atom. The fourth-order valence-corrected chi connectivity index (χ4v) is 3.91. The van der Waals surface area contributed by atoms with Crippen molar-refractivity contribution in [2.45, 2.75) is 31.7 Å². The van der Waals surface area contributed by atoms with Crippen LogP contribution < -0.4 is 20.9 Å². The summed E-state index contributed by atoms with van der Waals surface area (Å²) in [6.07, 6.45) is 2.57. The molecule has 1 aliphatic rings. The summed E-state index contributed by atoms with van der Waals surface area (Å²) in [5, 5.41) is 10.0. The summed E-state index contributed by atoms with van der Waals surface area (Å²) in [7, 11) is -2.37.